The zero-order valence-electron chi connectivity index (χ0n) is 10.6. The number of carbonyl (C=O) groups is 1. The number of aliphatic hydroxyl groups excluding tert-OH is 1. The molecule has 4 heteroatoms. The van der Waals surface area contributed by atoms with E-state index in [0.717, 1.165) is 18.4 Å². The molecule has 1 saturated carbocycles. The van der Waals surface area contributed by atoms with Gasteiger partial charge >= 0.3 is 0 Å². The van der Waals surface area contributed by atoms with Gasteiger partial charge in [0.15, 0.2) is 0 Å². The van der Waals surface area contributed by atoms with Crippen molar-refractivity contribution in [1.82, 2.24) is 5.32 Å². The van der Waals surface area contributed by atoms with Crippen molar-refractivity contribution in [2.45, 2.75) is 31.9 Å². The molecule has 4 nitrogen and oxygen atoms in total. The van der Waals surface area contributed by atoms with Gasteiger partial charge in [0.05, 0.1) is 12.1 Å². The molecule has 1 aliphatic carbocycles. The molecule has 4 N–H and O–H groups in total. The summed E-state index contributed by atoms with van der Waals surface area (Å²) in [5, 5.41) is 13.2. The summed E-state index contributed by atoms with van der Waals surface area (Å²) in [7, 11) is 0. The van der Waals surface area contributed by atoms with Crippen LogP contribution in [0.3, 0.4) is 0 Å². The van der Waals surface area contributed by atoms with Crippen LogP contribution in [0.1, 0.15) is 31.4 Å². The van der Waals surface area contributed by atoms with E-state index in [4.69, 9.17) is 5.73 Å². The Morgan fingerprint density at radius 2 is 2.06 bits per heavy atom. The summed E-state index contributed by atoms with van der Waals surface area (Å²) in [6, 6.07) is 9.07. The van der Waals surface area contributed by atoms with E-state index in [2.05, 4.69) is 5.32 Å². The zero-order chi connectivity index (χ0) is 13.2. The maximum Gasteiger partial charge on any atom is 0.236 e. The van der Waals surface area contributed by atoms with Gasteiger partial charge in [0, 0.05) is 12.0 Å². The molecule has 18 heavy (non-hydrogen) atoms. The third-order valence-corrected chi connectivity index (χ3v) is 3.62. The Kier molecular flexibility index (Phi) is 3.68. The van der Waals surface area contributed by atoms with Gasteiger partial charge in [0.25, 0.3) is 0 Å². The van der Waals surface area contributed by atoms with Gasteiger partial charge < -0.3 is 16.2 Å². The number of aliphatic hydroxyl groups is 1. The van der Waals surface area contributed by atoms with Crippen molar-refractivity contribution in [3.05, 3.63) is 35.9 Å². The average molecular weight is 248 g/mol. The van der Waals surface area contributed by atoms with Crippen LogP contribution in [0.5, 0.6) is 0 Å². The first-order chi connectivity index (χ1) is 8.55. The molecule has 98 valence electrons. The Morgan fingerprint density at radius 1 is 1.44 bits per heavy atom. The van der Waals surface area contributed by atoms with E-state index in [0.29, 0.717) is 6.54 Å². The summed E-state index contributed by atoms with van der Waals surface area (Å²) >= 11 is 0. The summed E-state index contributed by atoms with van der Waals surface area (Å²) in [4.78, 5) is 11.5. The van der Waals surface area contributed by atoms with Crippen LogP contribution in [0.4, 0.5) is 0 Å². The molecule has 2 rings (SSSR count). The van der Waals surface area contributed by atoms with Crippen LogP contribution in [-0.4, -0.2) is 23.6 Å². The molecule has 0 bridgehead atoms. The third kappa shape index (κ3) is 2.71. The van der Waals surface area contributed by atoms with E-state index in [9.17, 15) is 9.90 Å². The molecule has 0 aromatic heterocycles. The molecular weight excluding hydrogens is 228 g/mol. The molecule has 1 aromatic rings. The Bertz CT molecular complexity index is 413. The number of hydrogen-bond donors (Lipinski definition) is 3. The molecule has 1 aliphatic rings. The second kappa shape index (κ2) is 5.08. The lowest BCUT2D eigenvalue weighted by atomic mass is 9.92. The van der Waals surface area contributed by atoms with E-state index >= 15 is 0 Å². The summed E-state index contributed by atoms with van der Waals surface area (Å²) in [6.07, 6.45) is 1.34. The highest BCUT2D eigenvalue weighted by molar-refractivity contribution is 5.81. The highest BCUT2D eigenvalue weighted by Gasteiger charge is 2.49. The predicted octanol–water partition coefficient (Wildman–Crippen LogP) is 0.964. The highest BCUT2D eigenvalue weighted by Crippen LogP contribution is 2.54. The van der Waals surface area contributed by atoms with Crippen molar-refractivity contribution in [1.29, 1.82) is 0 Å². The van der Waals surface area contributed by atoms with Gasteiger partial charge in [-0.1, -0.05) is 30.3 Å². The van der Waals surface area contributed by atoms with Crippen LogP contribution in [0.15, 0.2) is 30.3 Å². The number of carbonyl (C=O) groups excluding carboxylic acids is 1. The Balaban J connectivity index is 1.98. The molecule has 1 amide bonds. The van der Waals surface area contributed by atoms with Crippen molar-refractivity contribution in [3.63, 3.8) is 0 Å². The van der Waals surface area contributed by atoms with Gasteiger partial charge in [-0.2, -0.15) is 0 Å². The van der Waals surface area contributed by atoms with Crippen molar-refractivity contribution < 1.29 is 9.90 Å². The van der Waals surface area contributed by atoms with Crippen LogP contribution < -0.4 is 11.1 Å². The first kappa shape index (κ1) is 13.1. The molecule has 0 radical (unpaired) electrons. The Hall–Kier alpha value is -1.39. The summed E-state index contributed by atoms with van der Waals surface area (Å²) in [6.45, 7) is 2.14. The quantitative estimate of drug-likeness (QED) is 0.726. The van der Waals surface area contributed by atoms with E-state index < -0.39 is 12.1 Å². The first-order valence-electron chi connectivity index (χ1n) is 6.31. The number of benzene rings is 1. The number of nitrogens with one attached hydrogen (secondary N) is 1. The molecule has 2 atom stereocenters. The summed E-state index contributed by atoms with van der Waals surface area (Å²) < 4.78 is 0. The summed E-state index contributed by atoms with van der Waals surface area (Å²) in [5.74, 6) is -0.165. The minimum atomic E-state index is -0.521. The van der Waals surface area contributed by atoms with Gasteiger partial charge in [0.1, 0.15) is 0 Å². The van der Waals surface area contributed by atoms with E-state index in [1.165, 1.54) is 0 Å². The maximum absolute atomic E-state index is 11.5. The Morgan fingerprint density at radius 3 is 2.56 bits per heavy atom. The SMILES string of the molecule is CC(N)C(=O)NCC1(C(O)c2ccccc2)CC1. The lowest BCUT2D eigenvalue weighted by molar-refractivity contribution is -0.122. The molecule has 0 spiro atoms. The predicted molar refractivity (Wildman–Crippen MR) is 69.7 cm³/mol. The van der Waals surface area contributed by atoms with Gasteiger partial charge in [-0.25, -0.2) is 0 Å². The number of amides is 1. The zero-order valence-corrected chi connectivity index (χ0v) is 10.6. The van der Waals surface area contributed by atoms with Crippen LogP contribution in [0, 0.1) is 5.41 Å². The lowest BCUT2D eigenvalue weighted by Gasteiger charge is -2.23. The van der Waals surface area contributed by atoms with Gasteiger partial charge in [0.2, 0.25) is 5.91 Å². The highest BCUT2D eigenvalue weighted by atomic mass is 16.3. The van der Waals surface area contributed by atoms with E-state index in [1.807, 2.05) is 30.3 Å². The minimum absolute atomic E-state index is 0.165. The smallest absolute Gasteiger partial charge is 0.236 e. The third-order valence-electron chi connectivity index (χ3n) is 3.62. The van der Waals surface area contributed by atoms with Gasteiger partial charge in [-0.05, 0) is 25.3 Å². The van der Waals surface area contributed by atoms with Crippen molar-refractivity contribution in [2.24, 2.45) is 11.1 Å². The fourth-order valence-corrected chi connectivity index (χ4v) is 2.12. The minimum Gasteiger partial charge on any atom is -0.388 e. The number of rotatable bonds is 5. The van der Waals surface area contributed by atoms with E-state index in [-0.39, 0.29) is 11.3 Å². The largest absolute Gasteiger partial charge is 0.388 e. The monoisotopic (exact) mass is 248 g/mol. The average Bonchev–Trinajstić information content (AvgIpc) is 3.17. The van der Waals surface area contributed by atoms with Crippen molar-refractivity contribution >= 4 is 5.91 Å². The number of hydrogen-bond acceptors (Lipinski definition) is 3. The fourth-order valence-electron chi connectivity index (χ4n) is 2.12. The maximum atomic E-state index is 11.5. The molecular formula is C14H20N2O2. The molecule has 0 heterocycles. The topological polar surface area (TPSA) is 75.4 Å². The van der Waals surface area contributed by atoms with Crippen molar-refractivity contribution in [2.75, 3.05) is 6.54 Å². The van der Waals surface area contributed by atoms with Crippen LogP contribution in [0.2, 0.25) is 0 Å². The first-order valence-corrected chi connectivity index (χ1v) is 6.31. The molecule has 2 unspecified atom stereocenters. The standard InChI is InChI=1S/C14H20N2O2/c1-10(15)13(18)16-9-14(7-8-14)12(17)11-5-3-2-4-6-11/h2-6,10,12,17H,7-9,15H2,1H3,(H,16,18). The summed E-state index contributed by atoms with van der Waals surface area (Å²) in [5.41, 5.74) is 6.20. The van der Waals surface area contributed by atoms with E-state index in [1.54, 1.807) is 6.92 Å². The molecule has 0 aliphatic heterocycles. The molecule has 1 aromatic carbocycles. The van der Waals surface area contributed by atoms with Gasteiger partial charge in [-0.15, -0.1) is 0 Å². The van der Waals surface area contributed by atoms with Crippen LogP contribution in [0.25, 0.3) is 0 Å². The molecule has 0 saturated heterocycles. The second-order valence-electron chi connectivity index (χ2n) is 5.18. The fraction of sp³-hybridized carbons (Fsp3) is 0.500. The Labute approximate surface area is 107 Å². The van der Waals surface area contributed by atoms with Crippen LogP contribution >= 0.6 is 0 Å². The molecule has 1 fully saturated rings. The van der Waals surface area contributed by atoms with Crippen molar-refractivity contribution in [3.8, 4) is 0 Å². The second-order valence-corrected chi connectivity index (χ2v) is 5.18. The van der Waals surface area contributed by atoms with Gasteiger partial charge in [-0.3, -0.25) is 4.79 Å². The number of nitrogens with two attached hydrogens (primary N) is 1. The van der Waals surface area contributed by atoms with Crippen LogP contribution in [-0.2, 0) is 4.79 Å². The lowest BCUT2D eigenvalue weighted by Crippen LogP contribution is -2.42. The normalized spacial score (nSPS) is 19.9.